The quantitative estimate of drug-likeness (QED) is 0.827. The number of hydrogen-bond donors (Lipinski definition) is 1. The number of rotatable bonds is 6. The lowest BCUT2D eigenvalue weighted by atomic mass is 10.1. The van der Waals surface area contributed by atoms with Crippen LogP contribution in [0.15, 0.2) is 42.5 Å². The molecule has 0 aliphatic carbocycles. The van der Waals surface area contributed by atoms with Gasteiger partial charge in [-0.2, -0.15) is 0 Å². The summed E-state index contributed by atoms with van der Waals surface area (Å²) >= 11 is 0. The molecule has 2 aromatic carbocycles. The Labute approximate surface area is 139 Å². The molecule has 0 saturated carbocycles. The largest absolute Gasteiger partial charge is 0.497 e. The molecule has 0 spiro atoms. The van der Waals surface area contributed by atoms with Crippen molar-refractivity contribution in [3.8, 4) is 5.75 Å². The zero-order valence-electron chi connectivity index (χ0n) is 13.5. The Bertz CT molecular complexity index is 728. The highest BCUT2D eigenvalue weighted by molar-refractivity contribution is 5.91. The number of hydrogen-bond acceptors (Lipinski definition) is 4. The average Bonchev–Trinajstić information content (AvgIpc) is 2.60. The van der Waals surface area contributed by atoms with E-state index in [0.717, 1.165) is 17.4 Å². The van der Waals surface area contributed by atoms with Crippen molar-refractivity contribution in [2.75, 3.05) is 13.7 Å². The molecule has 0 aromatic heterocycles. The second-order valence-electron chi connectivity index (χ2n) is 5.16. The third kappa shape index (κ3) is 4.81. The molecule has 1 N–H and O–H groups in total. The Morgan fingerprint density at radius 3 is 2.46 bits per heavy atom. The first-order valence-electron chi connectivity index (χ1n) is 7.32. The molecule has 0 saturated heterocycles. The number of ether oxygens (including phenoxy) is 2. The van der Waals surface area contributed by atoms with Crippen LogP contribution in [0.1, 0.15) is 21.5 Å². The summed E-state index contributed by atoms with van der Waals surface area (Å²) in [6.45, 7) is 1.47. The number of carbonyl (C=O) groups excluding carboxylic acids is 2. The number of nitrogens with one attached hydrogen (secondary N) is 1. The van der Waals surface area contributed by atoms with Crippen LogP contribution in [0.4, 0.5) is 4.39 Å². The summed E-state index contributed by atoms with van der Waals surface area (Å²) in [7, 11) is 1.57. The number of halogens is 1. The van der Waals surface area contributed by atoms with Gasteiger partial charge in [0.05, 0.1) is 12.7 Å². The van der Waals surface area contributed by atoms with Crippen LogP contribution in [-0.4, -0.2) is 25.6 Å². The van der Waals surface area contributed by atoms with E-state index < -0.39 is 24.3 Å². The molecule has 0 radical (unpaired) electrons. The van der Waals surface area contributed by atoms with Crippen molar-refractivity contribution in [3.05, 3.63) is 65.0 Å². The Kier molecular flexibility index (Phi) is 5.89. The maximum absolute atomic E-state index is 13.4. The zero-order valence-corrected chi connectivity index (χ0v) is 13.5. The smallest absolute Gasteiger partial charge is 0.338 e. The average molecular weight is 331 g/mol. The SMILES string of the molecule is COc1ccc(CNC(=O)COC(=O)c2ccc(C)c(F)c2)cc1. The van der Waals surface area contributed by atoms with Gasteiger partial charge in [-0.3, -0.25) is 4.79 Å². The van der Waals surface area contributed by atoms with Crippen molar-refractivity contribution >= 4 is 11.9 Å². The summed E-state index contributed by atoms with van der Waals surface area (Å²) in [5.41, 5.74) is 1.39. The fourth-order valence-corrected chi connectivity index (χ4v) is 1.93. The highest BCUT2D eigenvalue weighted by Gasteiger charge is 2.11. The summed E-state index contributed by atoms with van der Waals surface area (Å²) in [6, 6.07) is 11.2. The number of aryl methyl sites for hydroxylation is 1. The van der Waals surface area contributed by atoms with Crippen molar-refractivity contribution in [1.82, 2.24) is 5.32 Å². The molecule has 0 bridgehead atoms. The molecule has 2 rings (SSSR count). The van der Waals surface area contributed by atoms with Gasteiger partial charge >= 0.3 is 5.97 Å². The number of methoxy groups -OCH3 is 1. The van der Waals surface area contributed by atoms with Crippen molar-refractivity contribution in [1.29, 1.82) is 0 Å². The first-order valence-corrected chi connectivity index (χ1v) is 7.32. The van der Waals surface area contributed by atoms with Crippen LogP contribution in [-0.2, 0) is 16.1 Å². The molecule has 24 heavy (non-hydrogen) atoms. The second kappa shape index (κ2) is 8.10. The lowest BCUT2D eigenvalue weighted by Crippen LogP contribution is -2.28. The Balaban J connectivity index is 1.79. The van der Waals surface area contributed by atoms with E-state index in [2.05, 4.69) is 5.32 Å². The van der Waals surface area contributed by atoms with E-state index in [1.54, 1.807) is 26.2 Å². The molecule has 0 atom stereocenters. The summed E-state index contributed by atoms with van der Waals surface area (Å²) in [5.74, 6) is -0.946. The molecular weight excluding hydrogens is 313 g/mol. The second-order valence-corrected chi connectivity index (χ2v) is 5.16. The zero-order chi connectivity index (χ0) is 17.5. The molecule has 5 nitrogen and oxygen atoms in total. The van der Waals surface area contributed by atoms with E-state index in [-0.39, 0.29) is 5.56 Å². The van der Waals surface area contributed by atoms with Gasteiger partial charge in [-0.15, -0.1) is 0 Å². The fourth-order valence-electron chi connectivity index (χ4n) is 1.93. The van der Waals surface area contributed by atoms with Gasteiger partial charge in [-0.25, -0.2) is 9.18 Å². The topological polar surface area (TPSA) is 64.6 Å². The fraction of sp³-hybridized carbons (Fsp3) is 0.222. The lowest BCUT2D eigenvalue weighted by molar-refractivity contribution is -0.124. The van der Waals surface area contributed by atoms with E-state index in [9.17, 15) is 14.0 Å². The van der Waals surface area contributed by atoms with E-state index in [1.807, 2.05) is 12.1 Å². The maximum Gasteiger partial charge on any atom is 0.338 e. The summed E-state index contributed by atoms with van der Waals surface area (Å²) < 4.78 is 23.3. The van der Waals surface area contributed by atoms with Crippen LogP contribution in [0.2, 0.25) is 0 Å². The third-order valence-electron chi connectivity index (χ3n) is 3.39. The highest BCUT2D eigenvalue weighted by atomic mass is 19.1. The number of carbonyl (C=O) groups is 2. The molecular formula is C18H18FNO4. The van der Waals surface area contributed by atoms with Crippen LogP contribution >= 0.6 is 0 Å². The molecule has 126 valence electrons. The number of esters is 1. The van der Waals surface area contributed by atoms with Crippen molar-refractivity contribution < 1.29 is 23.5 Å². The monoisotopic (exact) mass is 331 g/mol. The number of benzene rings is 2. The molecule has 0 aliphatic rings. The molecule has 0 aliphatic heterocycles. The molecule has 0 heterocycles. The first kappa shape index (κ1) is 17.5. The highest BCUT2D eigenvalue weighted by Crippen LogP contribution is 2.11. The van der Waals surface area contributed by atoms with Crippen LogP contribution in [0.25, 0.3) is 0 Å². The maximum atomic E-state index is 13.4. The normalized spacial score (nSPS) is 10.1. The van der Waals surface area contributed by atoms with Crippen LogP contribution in [0, 0.1) is 12.7 Å². The van der Waals surface area contributed by atoms with Crippen LogP contribution in [0.5, 0.6) is 5.75 Å². The van der Waals surface area contributed by atoms with E-state index >= 15 is 0 Å². The standard InChI is InChI=1S/C18H18FNO4/c1-12-3-6-14(9-16(12)19)18(22)24-11-17(21)20-10-13-4-7-15(23-2)8-5-13/h3-9H,10-11H2,1-2H3,(H,20,21). The van der Waals surface area contributed by atoms with E-state index in [0.29, 0.717) is 12.1 Å². The van der Waals surface area contributed by atoms with Gasteiger partial charge in [-0.1, -0.05) is 18.2 Å². The van der Waals surface area contributed by atoms with Crippen LogP contribution < -0.4 is 10.1 Å². The van der Waals surface area contributed by atoms with Crippen molar-refractivity contribution in [2.24, 2.45) is 0 Å². The first-order chi connectivity index (χ1) is 11.5. The van der Waals surface area contributed by atoms with Gasteiger partial charge in [0.2, 0.25) is 0 Å². The minimum Gasteiger partial charge on any atom is -0.497 e. The summed E-state index contributed by atoms with van der Waals surface area (Å²) in [6.07, 6.45) is 0. The Morgan fingerprint density at radius 2 is 1.83 bits per heavy atom. The van der Waals surface area contributed by atoms with Gasteiger partial charge in [0.1, 0.15) is 11.6 Å². The molecule has 0 unspecified atom stereocenters. The predicted molar refractivity (Wildman–Crippen MR) is 86.3 cm³/mol. The van der Waals surface area contributed by atoms with E-state index in [1.165, 1.54) is 12.1 Å². The molecule has 6 heteroatoms. The van der Waals surface area contributed by atoms with Crippen molar-refractivity contribution in [2.45, 2.75) is 13.5 Å². The molecule has 1 amide bonds. The van der Waals surface area contributed by atoms with E-state index in [4.69, 9.17) is 9.47 Å². The van der Waals surface area contributed by atoms with Gasteiger partial charge in [0.15, 0.2) is 6.61 Å². The predicted octanol–water partition coefficient (Wildman–Crippen LogP) is 2.62. The van der Waals surface area contributed by atoms with Gasteiger partial charge in [0, 0.05) is 6.54 Å². The van der Waals surface area contributed by atoms with Gasteiger partial charge in [-0.05, 0) is 42.3 Å². The Morgan fingerprint density at radius 1 is 1.12 bits per heavy atom. The van der Waals surface area contributed by atoms with Gasteiger partial charge < -0.3 is 14.8 Å². The number of amides is 1. The lowest BCUT2D eigenvalue weighted by Gasteiger charge is -2.08. The van der Waals surface area contributed by atoms with Crippen LogP contribution in [0.3, 0.4) is 0 Å². The summed E-state index contributed by atoms with van der Waals surface area (Å²) in [5, 5.41) is 2.63. The van der Waals surface area contributed by atoms with Gasteiger partial charge in [0.25, 0.3) is 5.91 Å². The third-order valence-corrected chi connectivity index (χ3v) is 3.39. The minimum atomic E-state index is -0.742. The molecule has 2 aromatic rings. The minimum absolute atomic E-state index is 0.0704. The Hall–Kier alpha value is -2.89. The van der Waals surface area contributed by atoms with Crippen molar-refractivity contribution in [3.63, 3.8) is 0 Å². The summed E-state index contributed by atoms with van der Waals surface area (Å²) in [4.78, 5) is 23.5. The molecule has 0 fully saturated rings.